The molecule has 0 saturated carbocycles. The van der Waals surface area contributed by atoms with Gasteiger partial charge in [-0.2, -0.15) is 0 Å². The molecule has 3 heterocycles. The zero-order valence-corrected chi connectivity index (χ0v) is 19.7. The number of aromatic nitrogens is 4. The van der Waals surface area contributed by atoms with E-state index in [1.807, 2.05) is 46.7 Å². The highest BCUT2D eigenvalue weighted by Crippen LogP contribution is 2.36. The molecule has 0 aliphatic carbocycles. The van der Waals surface area contributed by atoms with Crippen LogP contribution in [0.3, 0.4) is 0 Å². The first-order valence-electron chi connectivity index (χ1n) is 11.2. The molecule has 33 heavy (non-hydrogen) atoms. The topological polar surface area (TPSA) is 106 Å². The van der Waals surface area contributed by atoms with Crippen LogP contribution < -0.4 is 5.32 Å². The van der Waals surface area contributed by atoms with Crippen molar-refractivity contribution in [3.05, 3.63) is 53.5 Å². The molecule has 2 aromatic heterocycles. The zero-order chi connectivity index (χ0) is 23.2. The number of thioether (sulfide) groups is 1. The van der Waals surface area contributed by atoms with E-state index in [1.165, 1.54) is 11.8 Å². The Morgan fingerprint density at radius 2 is 2.03 bits per heavy atom. The summed E-state index contributed by atoms with van der Waals surface area (Å²) in [5.41, 5.74) is 0.843. The summed E-state index contributed by atoms with van der Waals surface area (Å²) < 4.78 is 7.05. The maximum absolute atomic E-state index is 13.2. The van der Waals surface area contributed by atoms with Crippen molar-refractivity contribution >= 4 is 29.4 Å². The summed E-state index contributed by atoms with van der Waals surface area (Å²) in [4.78, 5) is 27.5. The van der Waals surface area contributed by atoms with Gasteiger partial charge in [0, 0.05) is 25.6 Å². The number of likely N-dealkylation sites (tertiary alicyclic amines) is 1. The second kappa shape index (κ2) is 10.7. The molecule has 1 aliphatic heterocycles. The van der Waals surface area contributed by atoms with Gasteiger partial charge in [0.05, 0.1) is 6.54 Å². The number of hydrogen-bond donors (Lipinski definition) is 1. The summed E-state index contributed by atoms with van der Waals surface area (Å²) in [6.45, 7) is 5.59. The predicted octanol–water partition coefficient (Wildman–Crippen LogP) is 3.97. The van der Waals surface area contributed by atoms with Crippen LogP contribution in [0.2, 0.25) is 0 Å². The quantitative estimate of drug-likeness (QED) is 0.499. The molecule has 1 fully saturated rings. The second-order valence-corrected chi connectivity index (χ2v) is 9.06. The average Bonchev–Trinajstić information content (AvgIpc) is 3.34. The van der Waals surface area contributed by atoms with Crippen LogP contribution in [0.15, 0.2) is 46.1 Å². The van der Waals surface area contributed by atoms with Crippen LogP contribution in [0.1, 0.15) is 55.0 Å². The van der Waals surface area contributed by atoms with Crippen molar-refractivity contribution in [3.63, 3.8) is 0 Å². The maximum Gasteiger partial charge on any atom is 0.243 e. The van der Waals surface area contributed by atoms with E-state index in [-0.39, 0.29) is 11.8 Å². The average molecular weight is 469 g/mol. The van der Waals surface area contributed by atoms with Gasteiger partial charge in [0.25, 0.3) is 0 Å². The number of carbonyl (C=O) groups excluding carboxylic acids is 2. The zero-order valence-electron chi connectivity index (χ0n) is 18.9. The van der Waals surface area contributed by atoms with E-state index in [9.17, 15) is 9.59 Å². The van der Waals surface area contributed by atoms with Crippen molar-refractivity contribution in [1.29, 1.82) is 0 Å². The molecule has 3 aromatic rings. The Morgan fingerprint density at radius 1 is 1.21 bits per heavy atom. The number of benzene rings is 1. The Bertz CT molecular complexity index is 1100. The molecule has 0 bridgehead atoms. The number of amides is 2. The van der Waals surface area contributed by atoms with Crippen LogP contribution in [-0.2, 0) is 22.7 Å². The van der Waals surface area contributed by atoms with Crippen LogP contribution >= 0.6 is 11.8 Å². The Kier molecular flexibility index (Phi) is 7.43. The van der Waals surface area contributed by atoms with Gasteiger partial charge in [0.1, 0.15) is 11.0 Å². The summed E-state index contributed by atoms with van der Waals surface area (Å²) in [6, 6.07) is 11.2. The molecule has 174 valence electrons. The largest absolute Gasteiger partial charge is 0.360 e. The molecule has 10 heteroatoms. The van der Waals surface area contributed by atoms with Gasteiger partial charge >= 0.3 is 0 Å². The van der Waals surface area contributed by atoms with Gasteiger partial charge in [-0.05, 0) is 32.3 Å². The van der Waals surface area contributed by atoms with Crippen LogP contribution in [0.25, 0.3) is 0 Å². The predicted molar refractivity (Wildman–Crippen MR) is 124 cm³/mol. The monoisotopic (exact) mass is 468 g/mol. The van der Waals surface area contributed by atoms with Gasteiger partial charge in [0.15, 0.2) is 16.8 Å². The summed E-state index contributed by atoms with van der Waals surface area (Å²) in [5.74, 6) is 1.66. The minimum Gasteiger partial charge on any atom is -0.360 e. The number of hydrogen-bond acceptors (Lipinski definition) is 7. The Morgan fingerprint density at radius 3 is 2.76 bits per heavy atom. The summed E-state index contributed by atoms with van der Waals surface area (Å²) in [7, 11) is 0. The molecule has 1 aliphatic rings. The third-order valence-electron chi connectivity index (χ3n) is 5.56. The van der Waals surface area contributed by atoms with Crippen LogP contribution in [0, 0.1) is 6.92 Å². The minimum absolute atomic E-state index is 0.164. The maximum atomic E-state index is 13.2. The van der Waals surface area contributed by atoms with Gasteiger partial charge in [-0.1, -0.05) is 53.7 Å². The first kappa shape index (κ1) is 23.0. The van der Waals surface area contributed by atoms with Crippen LogP contribution in [0.4, 0.5) is 5.82 Å². The molecular formula is C23H28N6O3S. The normalized spacial score (nSPS) is 15.3. The molecule has 1 atom stereocenters. The third kappa shape index (κ3) is 5.62. The fourth-order valence-corrected chi connectivity index (χ4v) is 4.96. The highest BCUT2D eigenvalue weighted by Gasteiger charge is 2.27. The van der Waals surface area contributed by atoms with Crippen LogP contribution in [-0.4, -0.2) is 43.2 Å². The van der Waals surface area contributed by atoms with E-state index >= 15 is 0 Å². The lowest BCUT2D eigenvalue weighted by Crippen LogP contribution is -2.31. The lowest BCUT2D eigenvalue weighted by molar-refractivity contribution is -0.131. The van der Waals surface area contributed by atoms with E-state index in [0.717, 1.165) is 37.2 Å². The van der Waals surface area contributed by atoms with Crippen molar-refractivity contribution in [2.75, 3.05) is 11.9 Å². The molecule has 1 saturated heterocycles. The number of nitrogens with one attached hydrogen (secondary N) is 1. The van der Waals surface area contributed by atoms with Gasteiger partial charge in [-0.25, -0.2) is 0 Å². The number of rotatable bonds is 8. The lowest BCUT2D eigenvalue weighted by atomic mass is 10.1. The van der Waals surface area contributed by atoms with Crippen molar-refractivity contribution in [2.24, 2.45) is 0 Å². The first-order valence-corrected chi connectivity index (χ1v) is 12.1. The Balaban J connectivity index is 1.56. The van der Waals surface area contributed by atoms with Crippen molar-refractivity contribution in [3.8, 4) is 0 Å². The number of carbonyl (C=O) groups is 2. The van der Waals surface area contributed by atoms with Crippen molar-refractivity contribution in [1.82, 2.24) is 24.8 Å². The van der Waals surface area contributed by atoms with E-state index in [4.69, 9.17) is 4.52 Å². The second-order valence-electron chi connectivity index (χ2n) is 7.99. The number of aryl methyl sites for hydroxylation is 1. The van der Waals surface area contributed by atoms with Gasteiger partial charge < -0.3 is 19.3 Å². The SMILES string of the molecule is CCn1c(CN2CCCCCC2=O)nnc1S[C@H](C(=O)Nc1cc(C)on1)c1ccccc1. The number of anilines is 1. The highest BCUT2D eigenvalue weighted by molar-refractivity contribution is 8.00. The standard InChI is InChI=1S/C23H28N6O3S/c1-3-29-19(15-28-13-9-5-8-12-20(28)30)25-26-23(29)33-21(17-10-6-4-7-11-17)22(31)24-18-14-16(2)32-27-18/h4,6-7,10-11,14,21H,3,5,8-9,12-13,15H2,1-2H3,(H,24,27,31)/t21-/m0/s1. The molecule has 9 nitrogen and oxygen atoms in total. The van der Waals surface area contributed by atoms with Gasteiger partial charge in [-0.3, -0.25) is 9.59 Å². The van der Waals surface area contributed by atoms with E-state index < -0.39 is 5.25 Å². The molecule has 2 amide bonds. The molecule has 1 N–H and O–H groups in total. The van der Waals surface area contributed by atoms with Crippen molar-refractivity contribution < 1.29 is 14.1 Å². The number of nitrogens with zero attached hydrogens (tertiary/aromatic N) is 5. The smallest absolute Gasteiger partial charge is 0.243 e. The molecule has 1 aromatic carbocycles. The molecule has 0 unspecified atom stereocenters. The fourth-order valence-electron chi connectivity index (χ4n) is 3.84. The summed E-state index contributed by atoms with van der Waals surface area (Å²) in [6.07, 6.45) is 3.60. The molecule has 0 spiro atoms. The first-order chi connectivity index (χ1) is 16.0. The molecular weight excluding hydrogens is 440 g/mol. The molecule has 4 rings (SSSR count). The molecule has 0 radical (unpaired) electrons. The Labute approximate surface area is 196 Å². The minimum atomic E-state index is -0.564. The van der Waals surface area contributed by atoms with Gasteiger partial charge in [0.2, 0.25) is 11.8 Å². The van der Waals surface area contributed by atoms with Crippen molar-refractivity contribution in [2.45, 2.75) is 63.0 Å². The third-order valence-corrected chi connectivity index (χ3v) is 6.79. The van der Waals surface area contributed by atoms with Gasteiger partial charge in [-0.15, -0.1) is 10.2 Å². The summed E-state index contributed by atoms with van der Waals surface area (Å²) >= 11 is 1.33. The Hall–Kier alpha value is -3.14. The van der Waals surface area contributed by atoms with Crippen LogP contribution in [0.5, 0.6) is 0 Å². The lowest BCUT2D eigenvalue weighted by Gasteiger charge is -2.20. The summed E-state index contributed by atoms with van der Waals surface area (Å²) in [5, 5.41) is 15.5. The fraction of sp³-hybridized carbons (Fsp3) is 0.435. The highest BCUT2D eigenvalue weighted by atomic mass is 32.2. The van der Waals surface area contributed by atoms with E-state index in [2.05, 4.69) is 20.7 Å². The van der Waals surface area contributed by atoms with E-state index in [0.29, 0.717) is 36.2 Å². The van der Waals surface area contributed by atoms with E-state index in [1.54, 1.807) is 13.0 Å².